The van der Waals surface area contributed by atoms with Crippen LogP contribution in [0.3, 0.4) is 0 Å². The Bertz CT molecular complexity index is 333. The van der Waals surface area contributed by atoms with Crippen LogP contribution in [0.15, 0.2) is 10.9 Å². The maximum atomic E-state index is 11.4. The summed E-state index contributed by atoms with van der Waals surface area (Å²) in [6.45, 7) is 3.89. The molecule has 0 aliphatic carbocycles. The number of hydrogen-bond acceptors (Lipinski definition) is 2. The largest absolute Gasteiger partial charge is 0.315 e. The summed E-state index contributed by atoms with van der Waals surface area (Å²) in [6.07, 6.45) is 2.24. The second kappa shape index (κ2) is 3.38. The molecule has 0 amide bonds. The zero-order chi connectivity index (χ0) is 9.26. The smallest absolute Gasteiger partial charge is 0.267 e. The van der Waals surface area contributed by atoms with Gasteiger partial charge >= 0.3 is 0 Å². The average Bonchev–Trinajstić information content (AvgIpc) is 2.47. The lowest BCUT2D eigenvalue weighted by molar-refractivity contribution is 0.339. The quantitative estimate of drug-likeness (QED) is 0.659. The van der Waals surface area contributed by atoms with Crippen molar-refractivity contribution >= 4 is 0 Å². The highest BCUT2D eigenvalue weighted by Crippen LogP contribution is 2.13. The second-order valence-electron chi connectivity index (χ2n) is 3.65. The molecule has 2 heterocycles. The van der Waals surface area contributed by atoms with E-state index in [2.05, 4.69) is 10.4 Å². The minimum absolute atomic E-state index is 0.0891. The Balaban J connectivity index is 2.23. The van der Waals surface area contributed by atoms with E-state index in [-0.39, 0.29) is 5.56 Å². The predicted octanol–water partition coefficient (Wildman–Crippen LogP) is 0.409. The van der Waals surface area contributed by atoms with Gasteiger partial charge in [-0.05, 0) is 26.3 Å². The van der Waals surface area contributed by atoms with E-state index in [9.17, 15) is 4.79 Å². The molecule has 0 saturated carbocycles. The van der Waals surface area contributed by atoms with E-state index in [4.69, 9.17) is 0 Å². The van der Waals surface area contributed by atoms with Crippen LogP contribution in [0.5, 0.6) is 0 Å². The minimum Gasteiger partial charge on any atom is -0.315 e. The molecule has 0 bridgehead atoms. The monoisotopic (exact) mass is 181 g/mol. The number of piperidine rings is 1. The van der Waals surface area contributed by atoms with Gasteiger partial charge in [-0.3, -0.25) is 9.89 Å². The number of H-pyrrole nitrogens is 1. The third kappa shape index (κ3) is 1.67. The molecule has 0 spiro atoms. The summed E-state index contributed by atoms with van der Waals surface area (Å²) in [6, 6.07) is 1.96. The summed E-state index contributed by atoms with van der Waals surface area (Å²) in [5.74, 6) is 0. The highest BCUT2D eigenvalue weighted by Gasteiger charge is 2.16. The molecule has 72 valence electrons. The van der Waals surface area contributed by atoms with E-state index in [0.717, 1.165) is 31.6 Å². The molecule has 13 heavy (non-hydrogen) atoms. The zero-order valence-electron chi connectivity index (χ0n) is 7.84. The van der Waals surface area contributed by atoms with Crippen molar-refractivity contribution in [3.63, 3.8) is 0 Å². The van der Waals surface area contributed by atoms with Crippen molar-refractivity contribution in [1.82, 2.24) is 15.1 Å². The molecule has 1 fully saturated rings. The highest BCUT2D eigenvalue weighted by atomic mass is 16.1. The Morgan fingerprint density at radius 1 is 1.62 bits per heavy atom. The molecule has 2 rings (SSSR count). The third-order valence-electron chi connectivity index (χ3n) is 2.51. The number of aryl methyl sites for hydroxylation is 1. The molecular formula is C9H15N3O. The van der Waals surface area contributed by atoms with Gasteiger partial charge in [-0.1, -0.05) is 0 Å². The second-order valence-corrected chi connectivity index (χ2v) is 3.65. The number of nitrogens with zero attached hydrogens (tertiary/aromatic N) is 1. The van der Waals surface area contributed by atoms with Crippen molar-refractivity contribution in [2.75, 3.05) is 13.1 Å². The van der Waals surface area contributed by atoms with Crippen molar-refractivity contribution in [2.45, 2.75) is 25.8 Å². The van der Waals surface area contributed by atoms with Crippen LogP contribution in [-0.4, -0.2) is 22.9 Å². The summed E-state index contributed by atoms with van der Waals surface area (Å²) < 4.78 is 1.74. The summed E-state index contributed by atoms with van der Waals surface area (Å²) in [5.41, 5.74) is 1.03. The number of hydrogen-bond donors (Lipinski definition) is 2. The lowest BCUT2D eigenvalue weighted by atomic mass is 10.1. The van der Waals surface area contributed by atoms with Crippen molar-refractivity contribution in [3.05, 3.63) is 22.1 Å². The summed E-state index contributed by atoms with van der Waals surface area (Å²) in [5, 5.41) is 6.37. The molecule has 1 aromatic heterocycles. The summed E-state index contributed by atoms with van der Waals surface area (Å²) in [4.78, 5) is 11.4. The van der Waals surface area contributed by atoms with Gasteiger partial charge in [0.05, 0.1) is 6.04 Å². The van der Waals surface area contributed by atoms with Crippen molar-refractivity contribution < 1.29 is 0 Å². The van der Waals surface area contributed by atoms with Gasteiger partial charge in [0.1, 0.15) is 0 Å². The topological polar surface area (TPSA) is 49.8 Å². The van der Waals surface area contributed by atoms with Gasteiger partial charge in [-0.15, -0.1) is 0 Å². The minimum atomic E-state index is 0.0891. The number of aromatic amines is 1. The van der Waals surface area contributed by atoms with Crippen LogP contribution < -0.4 is 10.9 Å². The molecule has 4 nitrogen and oxygen atoms in total. The summed E-state index contributed by atoms with van der Waals surface area (Å²) >= 11 is 0. The number of nitrogens with one attached hydrogen (secondary N) is 2. The van der Waals surface area contributed by atoms with Crippen molar-refractivity contribution in [1.29, 1.82) is 0 Å². The van der Waals surface area contributed by atoms with Crippen molar-refractivity contribution in [2.24, 2.45) is 0 Å². The molecule has 1 atom stereocenters. The normalized spacial score (nSPS) is 23.3. The molecule has 1 unspecified atom stereocenters. The standard InChI is InChI=1S/C9H15N3O/c1-7-5-9(13)12(11-7)8-3-2-4-10-6-8/h5,8,10-11H,2-4,6H2,1H3. The zero-order valence-corrected chi connectivity index (χ0v) is 7.84. The van der Waals surface area contributed by atoms with Crippen LogP contribution in [-0.2, 0) is 0 Å². The average molecular weight is 181 g/mol. The third-order valence-corrected chi connectivity index (χ3v) is 2.51. The van der Waals surface area contributed by atoms with Gasteiger partial charge in [0.2, 0.25) is 0 Å². The molecule has 4 heteroatoms. The van der Waals surface area contributed by atoms with E-state index >= 15 is 0 Å². The molecule has 1 aliphatic rings. The van der Waals surface area contributed by atoms with Gasteiger partial charge < -0.3 is 5.32 Å². The van der Waals surface area contributed by atoms with Crippen LogP contribution in [0.25, 0.3) is 0 Å². The maximum Gasteiger partial charge on any atom is 0.267 e. The Kier molecular flexibility index (Phi) is 2.22. The summed E-state index contributed by atoms with van der Waals surface area (Å²) in [7, 11) is 0. The first kappa shape index (κ1) is 8.56. The number of aromatic nitrogens is 2. The van der Waals surface area contributed by atoms with E-state index in [1.54, 1.807) is 10.7 Å². The molecule has 0 radical (unpaired) electrons. The Morgan fingerprint density at radius 3 is 3.00 bits per heavy atom. The predicted molar refractivity (Wildman–Crippen MR) is 50.9 cm³/mol. The first-order valence-electron chi connectivity index (χ1n) is 4.76. The van der Waals surface area contributed by atoms with Crippen LogP contribution in [0, 0.1) is 6.92 Å². The lowest BCUT2D eigenvalue weighted by Crippen LogP contribution is -2.35. The molecule has 1 saturated heterocycles. The highest BCUT2D eigenvalue weighted by molar-refractivity contribution is 4.97. The molecule has 0 aromatic carbocycles. The fourth-order valence-corrected chi connectivity index (χ4v) is 1.86. The maximum absolute atomic E-state index is 11.4. The first-order chi connectivity index (χ1) is 6.27. The van der Waals surface area contributed by atoms with E-state index in [1.165, 1.54) is 0 Å². The SMILES string of the molecule is Cc1cc(=O)n(C2CCCNC2)[nH]1. The van der Waals surface area contributed by atoms with E-state index < -0.39 is 0 Å². The fraction of sp³-hybridized carbons (Fsp3) is 0.667. The van der Waals surface area contributed by atoms with Crippen molar-refractivity contribution in [3.8, 4) is 0 Å². The van der Waals surface area contributed by atoms with Crippen LogP contribution in [0.2, 0.25) is 0 Å². The van der Waals surface area contributed by atoms with Gasteiger partial charge in [-0.25, -0.2) is 4.68 Å². The Hall–Kier alpha value is -1.03. The van der Waals surface area contributed by atoms with Gasteiger partial charge in [0.25, 0.3) is 5.56 Å². The molecule has 1 aliphatic heterocycles. The molecular weight excluding hydrogens is 166 g/mol. The fourth-order valence-electron chi connectivity index (χ4n) is 1.86. The molecule has 2 N–H and O–H groups in total. The first-order valence-corrected chi connectivity index (χ1v) is 4.76. The van der Waals surface area contributed by atoms with Crippen LogP contribution in [0.4, 0.5) is 0 Å². The number of rotatable bonds is 1. The van der Waals surface area contributed by atoms with Crippen LogP contribution >= 0.6 is 0 Å². The Labute approximate surface area is 76.9 Å². The molecule has 1 aromatic rings. The van der Waals surface area contributed by atoms with E-state index in [1.807, 2.05) is 6.92 Å². The van der Waals surface area contributed by atoms with Gasteiger partial charge in [0, 0.05) is 18.3 Å². The Morgan fingerprint density at radius 2 is 2.46 bits per heavy atom. The van der Waals surface area contributed by atoms with Gasteiger partial charge in [0.15, 0.2) is 0 Å². The van der Waals surface area contributed by atoms with Gasteiger partial charge in [-0.2, -0.15) is 0 Å². The lowest BCUT2D eigenvalue weighted by Gasteiger charge is -2.23. The van der Waals surface area contributed by atoms with Crippen LogP contribution in [0.1, 0.15) is 24.6 Å². The van der Waals surface area contributed by atoms with E-state index in [0.29, 0.717) is 6.04 Å².